The van der Waals surface area contributed by atoms with Crippen LogP contribution in [0.4, 0.5) is 0 Å². The zero-order valence-corrected chi connectivity index (χ0v) is 13.3. The standard InChI is InChI=1S/C13H8ClIO3S/c14-12-6-5-11(19-12)10(16)7-18-13(17)8-1-3-9(15)4-2-8/h1-6H,7H2. The molecule has 0 aliphatic heterocycles. The summed E-state index contributed by atoms with van der Waals surface area (Å²) in [5.41, 5.74) is 0.428. The fraction of sp³-hybridized carbons (Fsp3) is 0.0769. The van der Waals surface area contributed by atoms with E-state index >= 15 is 0 Å². The molecule has 0 atom stereocenters. The van der Waals surface area contributed by atoms with E-state index in [2.05, 4.69) is 22.6 Å². The molecular formula is C13H8ClIO3S. The lowest BCUT2D eigenvalue weighted by Gasteiger charge is -2.03. The van der Waals surface area contributed by atoms with Crippen molar-refractivity contribution in [3.63, 3.8) is 0 Å². The Kier molecular flexibility index (Phi) is 4.95. The highest BCUT2D eigenvalue weighted by atomic mass is 127. The van der Waals surface area contributed by atoms with Gasteiger partial charge >= 0.3 is 5.97 Å². The number of ketones is 1. The molecule has 0 bridgehead atoms. The van der Waals surface area contributed by atoms with E-state index in [0.717, 1.165) is 3.57 Å². The number of rotatable bonds is 4. The minimum atomic E-state index is -0.507. The highest BCUT2D eigenvalue weighted by molar-refractivity contribution is 14.1. The number of carbonyl (C=O) groups excluding carboxylic acids is 2. The summed E-state index contributed by atoms with van der Waals surface area (Å²) < 4.78 is 6.53. The average molecular weight is 407 g/mol. The minimum absolute atomic E-state index is 0.254. The van der Waals surface area contributed by atoms with Gasteiger partial charge in [0, 0.05) is 3.57 Å². The summed E-state index contributed by atoms with van der Waals surface area (Å²) in [5, 5.41) is 0. The van der Waals surface area contributed by atoms with Crippen LogP contribution in [0.25, 0.3) is 0 Å². The summed E-state index contributed by atoms with van der Waals surface area (Å²) in [4.78, 5) is 23.9. The fourth-order valence-electron chi connectivity index (χ4n) is 1.34. The number of hydrogen-bond donors (Lipinski definition) is 0. The smallest absolute Gasteiger partial charge is 0.338 e. The first-order valence-corrected chi connectivity index (χ1v) is 7.55. The zero-order chi connectivity index (χ0) is 13.8. The highest BCUT2D eigenvalue weighted by Gasteiger charge is 2.13. The summed E-state index contributed by atoms with van der Waals surface area (Å²) in [6, 6.07) is 10.2. The number of thiophene rings is 1. The van der Waals surface area contributed by atoms with E-state index in [-0.39, 0.29) is 12.4 Å². The van der Waals surface area contributed by atoms with Gasteiger partial charge in [0.15, 0.2) is 6.61 Å². The Hall–Kier alpha value is -0.920. The van der Waals surface area contributed by atoms with Gasteiger partial charge in [0.2, 0.25) is 5.78 Å². The van der Waals surface area contributed by atoms with Crippen LogP contribution in [0.2, 0.25) is 4.34 Å². The number of benzene rings is 1. The van der Waals surface area contributed by atoms with Crippen molar-refractivity contribution in [2.75, 3.05) is 6.61 Å². The quantitative estimate of drug-likeness (QED) is 0.437. The zero-order valence-electron chi connectivity index (χ0n) is 9.56. The van der Waals surface area contributed by atoms with Crippen molar-refractivity contribution in [1.29, 1.82) is 0 Å². The minimum Gasteiger partial charge on any atom is -0.454 e. The molecule has 0 saturated heterocycles. The van der Waals surface area contributed by atoms with Crippen LogP contribution in [0.3, 0.4) is 0 Å². The summed E-state index contributed by atoms with van der Waals surface area (Å²) in [5.74, 6) is -0.761. The molecule has 2 rings (SSSR count). The Morgan fingerprint density at radius 1 is 1.16 bits per heavy atom. The Morgan fingerprint density at radius 2 is 1.84 bits per heavy atom. The number of halogens is 2. The van der Waals surface area contributed by atoms with Crippen LogP contribution in [0.1, 0.15) is 20.0 Å². The molecule has 0 amide bonds. The van der Waals surface area contributed by atoms with Crippen molar-refractivity contribution in [2.45, 2.75) is 0 Å². The van der Waals surface area contributed by atoms with E-state index in [1.54, 1.807) is 36.4 Å². The van der Waals surface area contributed by atoms with Crippen LogP contribution in [0, 0.1) is 3.57 Å². The summed E-state index contributed by atoms with van der Waals surface area (Å²) in [7, 11) is 0. The van der Waals surface area contributed by atoms with Crippen LogP contribution < -0.4 is 0 Å². The van der Waals surface area contributed by atoms with Crippen molar-refractivity contribution in [2.24, 2.45) is 0 Å². The van der Waals surface area contributed by atoms with Gasteiger partial charge in [-0.1, -0.05) is 11.6 Å². The Labute approximate surface area is 132 Å². The van der Waals surface area contributed by atoms with Crippen molar-refractivity contribution in [1.82, 2.24) is 0 Å². The average Bonchev–Trinajstić information content (AvgIpc) is 2.83. The Balaban J connectivity index is 1.93. The van der Waals surface area contributed by atoms with E-state index in [9.17, 15) is 9.59 Å². The lowest BCUT2D eigenvalue weighted by atomic mass is 10.2. The molecule has 1 aromatic heterocycles. The highest BCUT2D eigenvalue weighted by Crippen LogP contribution is 2.21. The lowest BCUT2D eigenvalue weighted by Crippen LogP contribution is -2.13. The Bertz CT molecular complexity index is 607. The van der Waals surface area contributed by atoms with Gasteiger partial charge in [-0.05, 0) is 59.0 Å². The molecule has 0 spiro atoms. The van der Waals surface area contributed by atoms with Gasteiger partial charge in [-0.2, -0.15) is 0 Å². The third-order valence-corrected chi connectivity index (χ3v) is 4.25. The number of ether oxygens (including phenoxy) is 1. The maximum atomic E-state index is 11.7. The van der Waals surface area contributed by atoms with Gasteiger partial charge < -0.3 is 4.74 Å². The summed E-state index contributed by atoms with van der Waals surface area (Å²) in [6.07, 6.45) is 0. The van der Waals surface area contributed by atoms with Crippen molar-refractivity contribution in [3.05, 3.63) is 54.7 Å². The van der Waals surface area contributed by atoms with Crippen LogP contribution in [0.15, 0.2) is 36.4 Å². The number of hydrogen-bond acceptors (Lipinski definition) is 4. The molecule has 3 nitrogen and oxygen atoms in total. The van der Waals surface area contributed by atoms with E-state index in [4.69, 9.17) is 16.3 Å². The molecule has 1 heterocycles. The van der Waals surface area contributed by atoms with Crippen molar-refractivity contribution in [3.8, 4) is 0 Å². The van der Waals surface area contributed by atoms with E-state index < -0.39 is 5.97 Å². The number of carbonyl (C=O) groups is 2. The molecule has 98 valence electrons. The van der Waals surface area contributed by atoms with Crippen LogP contribution in [0.5, 0.6) is 0 Å². The van der Waals surface area contributed by atoms with Gasteiger partial charge in [-0.25, -0.2) is 4.79 Å². The molecule has 0 aliphatic rings. The first kappa shape index (κ1) is 14.5. The molecule has 0 aliphatic carbocycles. The SMILES string of the molecule is O=C(OCC(=O)c1ccc(Cl)s1)c1ccc(I)cc1. The number of Topliss-reactive ketones (excluding diaryl/α,β-unsaturated/α-hetero) is 1. The maximum Gasteiger partial charge on any atom is 0.338 e. The second-order valence-corrected chi connectivity index (χ2v) is 6.57. The van der Waals surface area contributed by atoms with Gasteiger partial charge in [0.25, 0.3) is 0 Å². The molecule has 19 heavy (non-hydrogen) atoms. The normalized spacial score (nSPS) is 10.2. The predicted octanol–water partition coefficient (Wildman–Crippen LogP) is 4.05. The van der Waals surface area contributed by atoms with Gasteiger partial charge in [0.1, 0.15) is 0 Å². The monoisotopic (exact) mass is 406 g/mol. The van der Waals surface area contributed by atoms with Crippen molar-refractivity contribution >= 4 is 57.3 Å². The van der Waals surface area contributed by atoms with Gasteiger partial charge in [-0.15, -0.1) is 11.3 Å². The molecule has 0 unspecified atom stereocenters. The molecule has 0 radical (unpaired) electrons. The van der Waals surface area contributed by atoms with Crippen LogP contribution in [-0.2, 0) is 4.74 Å². The molecule has 0 N–H and O–H groups in total. The second kappa shape index (κ2) is 6.49. The maximum absolute atomic E-state index is 11.7. The first-order valence-electron chi connectivity index (χ1n) is 5.27. The first-order chi connectivity index (χ1) is 9.06. The third kappa shape index (κ3) is 4.02. The lowest BCUT2D eigenvalue weighted by molar-refractivity contribution is 0.0476. The summed E-state index contributed by atoms with van der Waals surface area (Å²) >= 11 is 9.05. The molecule has 6 heteroatoms. The Morgan fingerprint density at radius 3 is 2.42 bits per heavy atom. The third-order valence-electron chi connectivity index (χ3n) is 2.26. The predicted molar refractivity (Wildman–Crippen MR) is 83.1 cm³/mol. The molecule has 0 saturated carbocycles. The largest absolute Gasteiger partial charge is 0.454 e. The van der Waals surface area contributed by atoms with Gasteiger partial charge in [0.05, 0.1) is 14.8 Å². The van der Waals surface area contributed by atoms with E-state index in [1.165, 1.54) is 11.3 Å². The molecule has 1 aromatic carbocycles. The van der Waals surface area contributed by atoms with E-state index in [0.29, 0.717) is 14.8 Å². The van der Waals surface area contributed by atoms with Crippen molar-refractivity contribution < 1.29 is 14.3 Å². The van der Waals surface area contributed by atoms with Crippen LogP contribution in [-0.4, -0.2) is 18.4 Å². The van der Waals surface area contributed by atoms with Gasteiger partial charge in [-0.3, -0.25) is 4.79 Å². The molecule has 2 aromatic rings. The van der Waals surface area contributed by atoms with E-state index in [1.807, 2.05) is 0 Å². The second-order valence-electron chi connectivity index (χ2n) is 3.61. The topological polar surface area (TPSA) is 43.4 Å². The van der Waals surface area contributed by atoms with Crippen LogP contribution >= 0.6 is 45.5 Å². The number of esters is 1. The molecular weight excluding hydrogens is 399 g/mol. The summed E-state index contributed by atoms with van der Waals surface area (Å²) in [6.45, 7) is -0.276. The fourth-order valence-corrected chi connectivity index (χ4v) is 2.66. The molecule has 0 fully saturated rings.